The SMILES string of the molecule is CC(C)(C)N1CCC(c2ccc(C(N)=O)c(-c3ccc(Oc4ccccc4)cc3)n2)CC1. The van der Waals surface area contributed by atoms with Crippen molar-refractivity contribution in [2.45, 2.75) is 45.1 Å². The lowest BCUT2D eigenvalue weighted by Crippen LogP contribution is -2.45. The lowest BCUT2D eigenvalue weighted by atomic mass is 9.89. The van der Waals surface area contributed by atoms with Crippen LogP contribution in [0.3, 0.4) is 0 Å². The van der Waals surface area contributed by atoms with Crippen molar-refractivity contribution in [2.75, 3.05) is 13.1 Å². The molecule has 0 spiro atoms. The fourth-order valence-corrected chi connectivity index (χ4v) is 4.27. The molecule has 0 saturated carbocycles. The first-order valence-corrected chi connectivity index (χ1v) is 11.2. The second-order valence-electron chi connectivity index (χ2n) is 9.37. The number of likely N-dealkylation sites (tertiary alicyclic amines) is 1. The number of aromatic nitrogens is 1. The number of primary amides is 1. The highest BCUT2D eigenvalue weighted by atomic mass is 16.5. The first-order chi connectivity index (χ1) is 15.3. The summed E-state index contributed by atoms with van der Waals surface area (Å²) in [7, 11) is 0. The maximum Gasteiger partial charge on any atom is 0.250 e. The van der Waals surface area contributed by atoms with E-state index in [0.29, 0.717) is 17.2 Å². The molecule has 166 valence electrons. The van der Waals surface area contributed by atoms with Gasteiger partial charge >= 0.3 is 0 Å². The summed E-state index contributed by atoms with van der Waals surface area (Å²) >= 11 is 0. The van der Waals surface area contributed by atoms with Crippen LogP contribution in [0.15, 0.2) is 66.7 Å². The van der Waals surface area contributed by atoms with Gasteiger partial charge in [-0.25, -0.2) is 0 Å². The lowest BCUT2D eigenvalue weighted by molar-refractivity contribution is 0.0996. The summed E-state index contributed by atoms with van der Waals surface area (Å²) in [5.41, 5.74) is 8.82. The molecular formula is C27H31N3O2. The van der Waals surface area contributed by atoms with Crippen LogP contribution in [0.4, 0.5) is 0 Å². The minimum absolute atomic E-state index is 0.183. The number of pyridine rings is 1. The van der Waals surface area contributed by atoms with Crippen molar-refractivity contribution < 1.29 is 9.53 Å². The van der Waals surface area contributed by atoms with Gasteiger partial charge in [0.15, 0.2) is 0 Å². The number of hydrogen-bond acceptors (Lipinski definition) is 4. The smallest absolute Gasteiger partial charge is 0.250 e. The Bertz CT molecular complexity index is 1060. The molecule has 3 aromatic rings. The quantitative estimate of drug-likeness (QED) is 0.572. The number of nitrogens with zero attached hydrogens (tertiary/aromatic N) is 2. The summed E-state index contributed by atoms with van der Waals surface area (Å²) in [5.74, 6) is 1.42. The predicted molar refractivity (Wildman–Crippen MR) is 128 cm³/mol. The average Bonchev–Trinajstić information content (AvgIpc) is 2.79. The summed E-state index contributed by atoms with van der Waals surface area (Å²) in [6, 6.07) is 21.1. The highest BCUT2D eigenvalue weighted by Gasteiger charge is 2.28. The number of amides is 1. The van der Waals surface area contributed by atoms with E-state index in [0.717, 1.165) is 48.7 Å². The molecule has 1 aliphatic heterocycles. The van der Waals surface area contributed by atoms with E-state index in [4.69, 9.17) is 15.5 Å². The average molecular weight is 430 g/mol. The maximum absolute atomic E-state index is 12.1. The maximum atomic E-state index is 12.1. The highest BCUT2D eigenvalue weighted by molar-refractivity contribution is 5.98. The minimum atomic E-state index is -0.466. The Morgan fingerprint density at radius 3 is 2.16 bits per heavy atom. The lowest BCUT2D eigenvalue weighted by Gasteiger charge is -2.40. The molecule has 0 aliphatic carbocycles. The summed E-state index contributed by atoms with van der Waals surface area (Å²) in [6.07, 6.45) is 2.12. The molecule has 5 nitrogen and oxygen atoms in total. The number of carbonyl (C=O) groups is 1. The van der Waals surface area contributed by atoms with E-state index in [2.05, 4.69) is 25.7 Å². The molecule has 1 saturated heterocycles. The van der Waals surface area contributed by atoms with Crippen molar-refractivity contribution >= 4 is 5.91 Å². The van der Waals surface area contributed by atoms with Gasteiger partial charge in [0.2, 0.25) is 0 Å². The Hall–Kier alpha value is -3.18. The predicted octanol–water partition coefficient (Wildman–Crippen LogP) is 5.62. The highest BCUT2D eigenvalue weighted by Crippen LogP contribution is 2.33. The summed E-state index contributed by atoms with van der Waals surface area (Å²) in [5, 5.41) is 0. The number of rotatable bonds is 5. The van der Waals surface area contributed by atoms with Crippen LogP contribution < -0.4 is 10.5 Å². The van der Waals surface area contributed by atoms with E-state index >= 15 is 0 Å². The molecule has 1 amide bonds. The van der Waals surface area contributed by atoms with Crippen LogP contribution in [0.1, 0.15) is 55.6 Å². The number of nitrogens with two attached hydrogens (primary N) is 1. The van der Waals surface area contributed by atoms with E-state index in [1.807, 2.05) is 66.7 Å². The standard InChI is InChI=1S/C27H31N3O2/c1-27(2,3)30-17-15-19(16-18-30)24-14-13-23(26(28)31)25(29-24)20-9-11-22(12-10-20)32-21-7-5-4-6-8-21/h4-14,19H,15-18H2,1-3H3,(H2,28,31). The molecule has 1 aromatic heterocycles. The van der Waals surface area contributed by atoms with Gasteiger partial charge in [-0.05, 0) is 95.2 Å². The minimum Gasteiger partial charge on any atom is -0.457 e. The zero-order valence-electron chi connectivity index (χ0n) is 19.0. The fourth-order valence-electron chi connectivity index (χ4n) is 4.27. The number of benzene rings is 2. The van der Waals surface area contributed by atoms with Crippen LogP contribution in [0, 0.1) is 0 Å². The zero-order chi connectivity index (χ0) is 22.7. The summed E-state index contributed by atoms with van der Waals surface area (Å²) in [6.45, 7) is 8.88. The third kappa shape index (κ3) is 5.00. The van der Waals surface area contributed by atoms with Crippen LogP contribution in [-0.2, 0) is 0 Å². The molecule has 0 unspecified atom stereocenters. The Kier molecular flexibility index (Phi) is 6.28. The number of ether oxygens (including phenoxy) is 1. The molecule has 2 aromatic carbocycles. The Morgan fingerprint density at radius 2 is 1.56 bits per heavy atom. The molecule has 2 N–H and O–H groups in total. The molecular weight excluding hydrogens is 398 g/mol. The van der Waals surface area contributed by atoms with Crippen LogP contribution in [0.25, 0.3) is 11.3 Å². The first-order valence-electron chi connectivity index (χ1n) is 11.2. The molecule has 0 bridgehead atoms. The third-order valence-electron chi connectivity index (χ3n) is 6.15. The van der Waals surface area contributed by atoms with Crippen molar-refractivity contribution in [2.24, 2.45) is 5.73 Å². The van der Waals surface area contributed by atoms with Gasteiger partial charge in [-0.15, -0.1) is 0 Å². The van der Waals surface area contributed by atoms with E-state index in [9.17, 15) is 4.79 Å². The van der Waals surface area contributed by atoms with Gasteiger partial charge in [-0.2, -0.15) is 0 Å². The fraction of sp³-hybridized carbons (Fsp3) is 0.333. The Labute approximate surface area is 190 Å². The van der Waals surface area contributed by atoms with Gasteiger partial charge in [0.25, 0.3) is 5.91 Å². The van der Waals surface area contributed by atoms with Gasteiger partial charge in [0, 0.05) is 22.7 Å². The van der Waals surface area contributed by atoms with Crippen molar-refractivity contribution in [3.05, 3.63) is 78.0 Å². The van der Waals surface area contributed by atoms with Gasteiger partial charge in [0.1, 0.15) is 11.5 Å². The van der Waals surface area contributed by atoms with Gasteiger partial charge < -0.3 is 10.5 Å². The van der Waals surface area contributed by atoms with E-state index in [1.54, 1.807) is 0 Å². The Balaban J connectivity index is 1.57. The second kappa shape index (κ2) is 9.13. The van der Waals surface area contributed by atoms with Crippen molar-refractivity contribution in [1.82, 2.24) is 9.88 Å². The third-order valence-corrected chi connectivity index (χ3v) is 6.15. The zero-order valence-corrected chi connectivity index (χ0v) is 19.0. The largest absolute Gasteiger partial charge is 0.457 e. The molecule has 0 radical (unpaired) electrons. The van der Waals surface area contributed by atoms with Crippen LogP contribution in [0.5, 0.6) is 11.5 Å². The van der Waals surface area contributed by atoms with E-state index in [1.165, 1.54) is 0 Å². The molecule has 5 heteroatoms. The number of para-hydroxylation sites is 1. The molecule has 1 aliphatic rings. The normalized spacial score (nSPS) is 15.5. The number of piperidine rings is 1. The molecule has 1 fully saturated rings. The van der Waals surface area contributed by atoms with Gasteiger partial charge in [-0.1, -0.05) is 18.2 Å². The Morgan fingerprint density at radius 1 is 0.938 bits per heavy atom. The second-order valence-corrected chi connectivity index (χ2v) is 9.37. The van der Waals surface area contributed by atoms with Crippen molar-refractivity contribution in [1.29, 1.82) is 0 Å². The number of hydrogen-bond donors (Lipinski definition) is 1. The molecule has 4 rings (SSSR count). The van der Waals surface area contributed by atoms with Gasteiger partial charge in [-0.3, -0.25) is 14.7 Å². The van der Waals surface area contributed by atoms with Crippen LogP contribution in [0.2, 0.25) is 0 Å². The summed E-state index contributed by atoms with van der Waals surface area (Å²) < 4.78 is 5.89. The van der Waals surface area contributed by atoms with Crippen LogP contribution >= 0.6 is 0 Å². The topological polar surface area (TPSA) is 68.5 Å². The van der Waals surface area contributed by atoms with Crippen molar-refractivity contribution in [3.8, 4) is 22.8 Å². The van der Waals surface area contributed by atoms with E-state index in [-0.39, 0.29) is 5.54 Å². The summed E-state index contributed by atoms with van der Waals surface area (Å²) in [4.78, 5) is 19.5. The first kappa shape index (κ1) is 22.0. The van der Waals surface area contributed by atoms with Crippen molar-refractivity contribution in [3.63, 3.8) is 0 Å². The van der Waals surface area contributed by atoms with Crippen LogP contribution in [-0.4, -0.2) is 34.4 Å². The van der Waals surface area contributed by atoms with Gasteiger partial charge in [0.05, 0.1) is 11.3 Å². The molecule has 32 heavy (non-hydrogen) atoms. The monoisotopic (exact) mass is 429 g/mol. The molecule has 0 atom stereocenters. The number of carbonyl (C=O) groups excluding carboxylic acids is 1. The van der Waals surface area contributed by atoms with E-state index < -0.39 is 5.91 Å². The molecule has 2 heterocycles.